The molecule has 31 heavy (non-hydrogen) atoms. The van der Waals surface area contributed by atoms with Gasteiger partial charge in [0.05, 0.1) is 5.02 Å². The molecule has 11 heteroatoms. The molecule has 0 bridgehead atoms. The van der Waals surface area contributed by atoms with Crippen molar-refractivity contribution < 1.29 is 13.2 Å². The van der Waals surface area contributed by atoms with Crippen LogP contribution in [0.4, 0.5) is 0 Å². The number of pyridine rings is 1. The Labute approximate surface area is 190 Å². The Morgan fingerprint density at radius 1 is 1.13 bits per heavy atom. The van der Waals surface area contributed by atoms with E-state index in [2.05, 4.69) is 15.5 Å². The number of benzene rings is 1. The normalized spacial score (nSPS) is 15.9. The van der Waals surface area contributed by atoms with Gasteiger partial charge in [0.15, 0.2) is 5.65 Å². The van der Waals surface area contributed by atoms with Gasteiger partial charge in [0, 0.05) is 43.2 Å². The van der Waals surface area contributed by atoms with Gasteiger partial charge in [-0.05, 0) is 43.2 Å². The summed E-state index contributed by atoms with van der Waals surface area (Å²) in [4.78, 5) is 12.5. The van der Waals surface area contributed by atoms with E-state index in [1.807, 2.05) is 28.8 Å². The van der Waals surface area contributed by atoms with E-state index in [0.717, 1.165) is 11.5 Å². The van der Waals surface area contributed by atoms with Gasteiger partial charge >= 0.3 is 0 Å². The van der Waals surface area contributed by atoms with Crippen LogP contribution in [-0.4, -0.2) is 52.9 Å². The van der Waals surface area contributed by atoms with Crippen molar-refractivity contribution in [3.8, 4) is 0 Å². The molecule has 8 nitrogen and oxygen atoms in total. The lowest BCUT2D eigenvalue weighted by Crippen LogP contribution is -2.43. The van der Waals surface area contributed by atoms with Crippen LogP contribution in [0.1, 0.15) is 18.7 Å². The minimum Gasteiger partial charge on any atom is -0.355 e. The summed E-state index contributed by atoms with van der Waals surface area (Å²) in [6.45, 7) is 0.932. The molecule has 1 aromatic carbocycles. The summed E-state index contributed by atoms with van der Waals surface area (Å²) in [6.07, 6.45) is 3.32. The van der Waals surface area contributed by atoms with E-state index < -0.39 is 10.0 Å². The van der Waals surface area contributed by atoms with Crippen molar-refractivity contribution in [2.24, 2.45) is 5.92 Å². The molecule has 0 atom stereocenters. The van der Waals surface area contributed by atoms with Crippen LogP contribution in [0.25, 0.3) is 5.65 Å². The summed E-state index contributed by atoms with van der Waals surface area (Å²) in [6, 6.07) is 10.0. The first-order valence-electron chi connectivity index (χ1n) is 9.88. The van der Waals surface area contributed by atoms with E-state index >= 15 is 0 Å². The highest BCUT2D eigenvalue weighted by Gasteiger charge is 2.33. The predicted molar refractivity (Wildman–Crippen MR) is 118 cm³/mol. The minimum absolute atomic E-state index is 0.00916. The van der Waals surface area contributed by atoms with Crippen molar-refractivity contribution in [2.75, 3.05) is 19.6 Å². The first kappa shape index (κ1) is 22.0. The van der Waals surface area contributed by atoms with Gasteiger partial charge in [0.1, 0.15) is 10.7 Å². The second kappa shape index (κ2) is 9.12. The number of aromatic nitrogens is 3. The number of nitrogens with one attached hydrogen (secondary N) is 1. The fraction of sp³-hybridized carbons (Fsp3) is 0.350. The van der Waals surface area contributed by atoms with Crippen LogP contribution in [-0.2, 0) is 21.2 Å². The second-order valence-corrected chi connectivity index (χ2v) is 10.1. The third-order valence-electron chi connectivity index (χ3n) is 5.37. The summed E-state index contributed by atoms with van der Waals surface area (Å²) in [5.74, 6) is 0.457. The van der Waals surface area contributed by atoms with Crippen molar-refractivity contribution in [3.05, 3.63) is 58.5 Å². The molecule has 1 aliphatic heterocycles. The molecule has 1 aliphatic rings. The number of piperidine rings is 1. The van der Waals surface area contributed by atoms with E-state index in [1.165, 1.54) is 16.4 Å². The lowest BCUT2D eigenvalue weighted by molar-refractivity contribution is -0.126. The molecule has 1 amide bonds. The van der Waals surface area contributed by atoms with Gasteiger partial charge in [-0.25, -0.2) is 8.42 Å². The molecule has 0 spiro atoms. The average molecular weight is 482 g/mol. The first-order valence-corrected chi connectivity index (χ1v) is 12.1. The summed E-state index contributed by atoms with van der Waals surface area (Å²) in [5.41, 5.74) is 0.761. The van der Waals surface area contributed by atoms with Crippen molar-refractivity contribution in [3.63, 3.8) is 0 Å². The summed E-state index contributed by atoms with van der Waals surface area (Å²) in [7, 11) is -3.76. The van der Waals surface area contributed by atoms with Crippen molar-refractivity contribution in [2.45, 2.75) is 24.2 Å². The van der Waals surface area contributed by atoms with Crippen LogP contribution in [0.5, 0.6) is 0 Å². The number of fused-ring (bicyclic) bond motifs is 1. The second-order valence-electron chi connectivity index (χ2n) is 7.34. The third kappa shape index (κ3) is 4.69. The lowest BCUT2D eigenvalue weighted by Gasteiger charge is -2.30. The van der Waals surface area contributed by atoms with E-state index in [-0.39, 0.29) is 34.8 Å². The van der Waals surface area contributed by atoms with Crippen LogP contribution in [0.15, 0.2) is 47.5 Å². The molecule has 0 radical (unpaired) electrons. The highest BCUT2D eigenvalue weighted by molar-refractivity contribution is 7.89. The Kier molecular flexibility index (Phi) is 6.47. The largest absolute Gasteiger partial charge is 0.355 e. The monoisotopic (exact) mass is 481 g/mol. The zero-order valence-corrected chi connectivity index (χ0v) is 18.9. The van der Waals surface area contributed by atoms with E-state index in [1.54, 1.807) is 6.07 Å². The number of nitrogens with zero attached hydrogens (tertiary/aromatic N) is 4. The smallest absolute Gasteiger partial charge is 0.244 e. The molecule has 1 saturated heterocycles. The standard InChI is InChI=1S/C20H21Cl2N5O3S/c21-15-4-5-16(22)17(13-15)31(29,30)26-11-7-14(8-12-26)20(28)23-9-6-19-25-24-18-3-1-2-10-27(18)19/h1-5,10,13-14H,6-9,11-12H2,(H,23,28). The maximum atomic E-state index is 12.9. The fourth-order valence-corrected chi connectivity index (χ4v) is 5.88. The van der Waals surface area contributed by atoms with Crippen LogP contribution >= 0.6 is 23.2 Å². The molecule has 0 aliphatic carbocycles. The van der Waals surface area contributed by atoms with Crippen molar-refractivity contribution in [1.29, 1.82) is 0 Å². The molecule has 1 fully saturated rings. The minimum atomic E-state index is -3.76. The number of rotatable bonds is 6. The molecule has 4 rings (SSSR count). The molecule has 2 aromatic heterocycles. The third-order valence-corrected chi connectivity index (χ3v) is 7.98. The zero-order valence-electron chi connectivity index (χ0n) is 16.5. The van der Waals surface area contributed by atoms with Crippen LogP contribution < -0.4 is 5.32 Å². The Balaban J connectivity index is 1.31. The Hall–Kier alpha value is -2.20. The molecular weight excluding hydrogens is 461 g/mol. The topological polar surface area (TPSA) is 96.7 Å². The molecule has 3 heterocycles. The maximum Gasteiger partial charge on any atom is 0.244 e. The van der Waals surface area contributed by atoms with Gasteiger partial charge in [-0.3, -0.25) is 9.20 Å². The van der Waals surface area contributed by atoms with Crippen molar-refractivity contribution in [1.82, 2.24) is 24.2 Å². The van der Waals surface area contributed by atoms with Gasteiger partial charge in [-0.15, -0.1) is 10.2 Å². The SMILES string of the molecule is O=C(NCCc1nnc2ccccn12)C1CCN(S(=O)(=O)c2cc(Cl)ccc2Cl)CC1. The molecular formula is C20H21Cl2N5O3S. The highest BCUT2D eigenvalue weighted by atomic mass is 35.5. The number of sulfonamides is 1. The Morgan fingerprint density at radius 2 is 1.90 bits per heavy atom. The highest BCUT2D eigenvalue weighted by Crippen LogP contribution is 2.30. The van der Waals surface area contributed by atoms with Crippen LogP contribution in [0, 0.1) is 5.92 Å². The number of hydrogen-bond acceptors (Lipinski definition) is 5. The van der Waals surface area contributed by atoms with Gasteiger partial charge in [0.2, 0.25) is 15.9 Å². The van der Waals surface area contributed by atoms with E-state index in [9.17, 15) is 13.2 Å². The average Bonchev–Trinajstić information content (AvgIpc) is 3.18. The number of carbonyl (C=O) groups excluding carboxylic acids is 1. The van der Waals surface area contributed by atoms with Crippen LogP contribution in [0.2, 0.25) is 10.0 Å². The van der Waals surface area contributed by atoms with Crippen molar-refractivity contribution >= 4 is 44.8 Å². The predicted octanol–water partition coefficient (Wildman–Crippen LogP) is 2.80. The molecule has 164 valence electrons. The molecule has 0 saturated carbocycles. The quantitative estimate of drug-likeness (QED) is 0.583. The van der Waals surface area contributed by atoms with Gasteiger partial charge in [-0.1, -0.05) is 29.3 Å². The van der Waals surface area contributed by atoms with E-state index in [4.69, 9.17) is 23.2 Å². The molecule has 3 aromatic rings. The Morgan fingerprint density at radius 3 is 2.68 bits per heavy atom. The van der Waals surface area contributed by atoms with Gasteiger partial charge in [0.25, 0.3) is 0 Å². The summed E-state index contributed by atoms with van der Waals surface area (Å²) in [5, 5.41) is 11.6. The van der Waals surface area contributed by atoms with Gasteiger partial charge < -0.3 is 5.32 Å². The number of carbonyl (C=O) groups is 1. The van der Waals surface area contributed by atoms with Gasteiger partial charge in [-0.2, -0.15) is 4.31 Å². The summed E-state index contributed by atoms with van der Waals surface area (Å²) >= 11 is 12.0. The molecule has 1 N–H and O–H groups in total. The van der Waals surface area contributed by atoms with Crippen LogP contribution in [0.3, 0.4) is 0 Å². The summed E-state index contributed by atoms with van der Waals surface area (Å²) < 4.78 is 29.1. The molecule has 0 unspecified atom stereocenters. The zero-order chi connectivity index (χ0) is 22.0. The van der Waals surface area contributed by atoms with E-state index in [0.29, 0.717) is 30.8 Å². The Bertz CT molecular complexity index is 1210. The number of halogens is 2. The first-order chi connectivity index (χ1) is 14.9. The number of amides is 1. The lowest BCUT2D eigenvalue weighted by atomic mass is 9.97. The fourth-order valence-electron chi connectivity index (χ4n) is 3.68. The maximum absolute atomic E-state index is 12.9. The number of hydrogen-bond donors (Lipinski definition) is 1.